The van der Waals surface area contributed by atoms with Crippen molar-refractivity contribution in [1.29, 1.82) is 0 Å². The molecule has 6 nitrogen and oxygen atoms in total. The van der Waals surface area contributed by atoms with E-state index in [4.69, 9.17) is 4.74 Å². The molecule has 1 aliphatic rings. The average Bonchev–Trinajstić information content (AvgIpc) is 2.23. The second-order valence-corrected chi connectivity index (χ2v) is 3.94. The molecule has 1 aliphatic heterocycles. The molecule has 3 atom stereocenters. The third-order valence-electron chi connectivity index (χ3n) is 2.53. The molecule has 0 aromatic carbocycles. The molecule has 1 rings (SSSR count). The van der Waals surface area contributed by atoms with Crippen LogP contribution in [0.25, 0.3) is 0 Å². The van der Waals surface area contributed by atoms with Crippen molar-refractivity contribution in [1.82, 2.24) is 10.6 Å². The number of nitrogens with one attached hydrogen (secondary N) is 2. The van der Waals surface area contributed by atoms with Crippen molar-refractivity contribution in [2.75, 3.05) is 6.61 Å². The highest BCUT2D eigenvalue weighted by Crippen LogP contribution is 2.10. The van der Waals surface area contributed by atoms with E-state index >= 15 is 0 Å². The highest BCUT2D eigenvalue weighted by Gasteiger charge is 2.28. The van der Waals surface area contributed by atoms with Gasteiger partial charge in [-0.3, -0.25) is 5.32 Å². The Balaban J connectivity index is 2.22. The summed E-state index contributed by atoms with van der Waals surface area (Å²) >= 11 is 0. The predicted octanol–water partition coefficient (Wildman–Crippen LogP) is -0.0985. The van der Waals surface area contributed by atoms with Gasteiger partial charge in [-0.15, -0.1) is 0 Å². The van der Waals surface area contributed by atoms with Gasteiger partial charge in [0.1, 0.15) is 12.5 Å². The molecule has 0 aromatic rings. The molecule has 3 unspecified atom stereocenters. The number of carbonyl (C=O) groups is 1. The predicted molar refractivity (Wildman–Crippen MR) is 57.6 cm³/mol. The first-order chi connectivity index (χ1) is 7.63. The number of amides is 1. The molecule has 0 saturated carbocycles. The van der Waals surface area contributed by atoms with Crippen LogP contribution in [0.3, 0.4) is 0 Å². The van der Waals surface area contributed by atoms with Gasteiger partial charge in [0.2, 0.25) is 0 Å². The van der Waals surface area contributed by atoms with E-state index in [1.54, 1.807) is 0 Å². The summed E-state index contributed by atoms with van der Waals surface area (Å²) in [5.74, 6) is 0. The van der Waals surface area contributed by atoms with E-state index in [1.807, 2.05) is 6.92 Å². The molecule has 0 radical (unpaired) electrons. The van der Waals surface area contributed by atoms with Gasteiger partial charge in [0, 0.05) is 0 Å². The Hall–Kier alpha value is -0.850. The molecule has 94 valence electrons. The van der Waals surface area contributed by atoms with Crippen LogP contribution in [-0.4, -0.2) is 41.4 Å². The Morgan fingerprint density at radius 1 is 1.50 bits per heavy atom. The van der Waals surface area contributed by atoms with Gasteiger partial charge in [-0.2, -0.15) is 0 Å². The van der Waals surface area contributed by atoms with Crippen LogP contribution in [0.15, 0.2) is 0 Å². The molecule has 0 spiro atoms. The van der Waals surface area contributed by atoms with Gasteiger partial charge in [-0.25, -0.2) is 4.79 Å². The zero-order valence-corrected chi connectivity index (χ0v) is 9.48. The molecule has 1 fully saturated rings. The average molecular weight is 232 g/mol. The second kappa shape index (κ2) is 6.67. The lowest BCUT2D eigenvalue weighted by Crippen LogP contribution is -2.56. The topological polar surface area (TPSA) is 90.8 Å². The molecule has 0 aromatic heterocycles. The highest BCUT2D eigenvalue weighted by atomic mass is 16.5. The lowest BCUT2D eigenvalue weighted by atomic mass is 10.1. The van der Waals surface area contributed by atoms with Crippen LogP contribution in [-0.2, 0) is 4.74 Å². The maximum Gasteiger partial charge on any atom is 0.407 e. The Bertz CT molecular complexity index is 225. The highest BCUT2D eigenvalue weighted by molar-refractivity contribution is 5.67. The number of piperidine rings is 1. The summed E-state index contributed by atoms with van der Waals surface area (Å²) < 4.78 is 4.91. The first-order valence-electron chi connectivity index (χ1n) is 5.69. The first-order valence-corrected chi connectivity index (χ1v) is 5.69. The summed E-state index contributed by atoms with van der Waals surface area (Å²) in [4.78, 5) is 11.3. The van der Waals surface area contributed by atoms with Crippen LogP contribution < -0.4 is 10.6 Å². The minimum Gasteiger partial charge on any atom is -0.450 e. The number of rotatable bonds is 4. The van der Waals surface area contributed by atoms with Crippen molar-refractivity contribution in [3.05, 3.63) is 0 Å². The Morgan fingerprint density at radius 3 is 2.88 bits per heavy atom. The smallest absolute Gasteiger partial charge is 0.407 e. The molecular weight excluding hydrogens is 212 g/mol. The lowest BCUT2D eigenvalue weighted by molar-refractivity contribution is -0.0172. The minimum absolute atomic E-state index is 0.390. The largest absolute Gasteiger partial charge is 0.450 e. The number of unbranched alkanes of at least 4 members (excludes halogenated alkanes) is 1. The van der Waals surface area contributed by atoms with Crippen molar-refractivity contribution in [2.24, 2.45) is 0 Å². The van der Waals surface area contributed by atoms with Crippen molar-refractivity contribution in [2.45, 2.75) is 51.1 Å². The standard InChI is InChI=1S/C10H20N2O4/c1-2-3-6-16-10(15)11-7-4-5-8(13)12-9(7)14/h7-9,12-14H,2-6H2,1H3,(H,11,15). The minimum atomic E-state index is -0.928. The monoisotopic (exact) mass is 232 g/mol. The summed E-state index contributed by atoms with van der Waals surface area (Å²) in [6, 6.07) is -0.405. The Kier molecular flexibility index (Phi) is 5.51. The van der Waals surface area contributed by atoms with Gasteiger partial charge in [-0.05, 0) is 19.3 Å². The summed E-state index contributed by atoms with van der Waals surface area (Å²) in [5, 5.41) is 23.8. The van der Waals surface area contributed by atoms with E-state index < -0.39 is 24.6 Å². The van der Waals surface area contributed by atoms with Gasteiger partial charge in [0.05, 0.1) is 12.6 Å². The SMILES string of the molecule is CCCCOC(=O)NC1CCC(O)NC1O. The number of aliphatic hydroxyl groups excluding tert-OH is 2. The molecule has 6 heteroatoms. The third-order valence-corrected chi connectivity index (χ3v) is 2.53. The normalized spacial score (nSPS) is 29.8. The molecule has 4 N–H and O–H groups in total. The molecule has 0 bridgehead atoms. The molecule has 1 saturated heterocycles. The summed E-state index contributed by atoms with van der Waals surface area (Å²) in [6.45, 7) is 2.40. The van der Waals surface area contributed by atoms with Crippen LogP contribution in [0, 0.1) is 0 Å². The number of ether oxygens (including phenoxy) is 1. The molecule has 1 amide bonds. The van der Waals surface area contributed by atoms with Crippen LogP contribution in [0.1, 0.15) is 32.6 Å². The number of aliphatic hydroxyl groups is 2. The third kappa shape index (κ3) is 4.34. The summed E-state index contributed by atoms with van der Waals surface area (Å²) in [5.41, 5.74) is 0. The quantitative estimate of drug-likeness (QED) is 0.508. The van der Waals surface area contributed by atoms with Gasteiger partial charge < -0.3 is 20.3 Å². The van der Waals surface area contributed by atoms with Crippen LogP contribution in [0.2, 0.25) is 0 Å². The van der Waals surface area contributed by atoms with Crippen LogP contribution in [0.5, 0.6) is 0 Å². The zero-order valence-electron chi connectivity index (χ0n) is 9.48. The number of hydrogen-bond acceptors (Lipinski definition) is 5. The number of carbonyl (C=O) groups excluding carboxylic acids is 1. The number of alkyl carbamates (subject to hydrolysis) is 1. The Labute approximate surface area is 95.0 Å². The maximum atomic E-state index is 11.3. The van der Waals surface area contributed by atoms with E-state index in [0.717, 1.165) is 12.8 Å². The van der Waals surface area contributed by atoms with E-state index in [-0.39, 0.29) is 0 Å². The van der Waals surface area contributed by atoms with Crippen molar-refractivity contribution in [3.63, 3.8) is 0 Å². The number of hydrogen-bond donors (Lipinski definition) is 4. The van der Waals surface area contributed by atoms with Gasteiger partial charge in [0.25, 0.3) is 0 Å². The lowest BCUT2D eigenvalue weighted by Gasteiger charge is -2.32. The Morgan fingerprint density at radius 2 is 2.25 bits per heavy atom. The van der Waals surface area contributed by atoms with Crippen LogP contribution >= 0.6 is 0 Å². The van der Waals surface area contributed by atoms with Gasteiger partial charge in [-0.1, -0.05) is 13.3 Å². The second-order valence-electron chi connectivity index (χ2n) is 3.94. The zero-order chi connectivity index (χ0) is 12.0. The van der Waals surface area contributed by atoms with Crippen molar-refractivity contribution >= 4 is 6.09 Å². The van der Waals surface area contributed by atoms with Gasteiger partial charge >= 0.3 is 6.09 Å². The van der Waals surface area contributed by atoms with E-state index in [9.17, 15) is 15.0 Å². The molecule has 0 aliphatic carbocycles. The molecule has 1 heterocycles. The summed E-state index contributed by atoms with van der Waals surface area (Å²) in [7, 11) is 0. The fourth-order valence-corrected chi connectivity index (χ4v) is 1.55. The first kappa shape index (κ1) is 13.2. The van der Waals surface area contributed by atoms with E-state index in [0.29, 0.717) is 19.4 Å². The van der Waals surface area contributed by atoms with Crippen LogP contribution in [0.4, 0.5) is 4.79 Å². The fourth-order valence-electron chi connectivity index (χ4n) is 1.55. The fraction of sp³-hybridized carbons (Fsp3) is 0.900. The van der Waals surface area contributed by atoms with Gasteiger partial charge in [0.15, 0.2) is 0 Å². The van der Waals surface area contributed by atoms with Crippen molar-refractivity contribution in [3.8, 4) is 0 Å². The van der Waals surface area contributed by atoms with Crippen molar-refractivity contribution < 1.29 is 19.7 Å². The summed E-state index contributed by atoms with van der Waals surface area (Å²) in [6.07, 6.45) is 0.669. The van der Waals surface area contributed by atoms with E-state index in [1.165, 1.54) is 0 Å². The van der Waals surface area contributed by atoms with E-state index in [2.05, 4.69) is 10.6 Å². The molecular formula is C10H20N2O4. The maximum absolute atomic E-state index is 11.3. The molecule has 16 heavy (non-hydrogen) atoms.